The fourth-order valence-corrected chi connectivity index (χ4v) is 0.759. The van der Waals surface area contributed by atoms with E-state index in [2.05, 4.69) is 18.7 Å². The predicted octanol–water partition coefficient (Wildman–Crippen LogP) is 2.18. The van der Waals surface area contributed by atoms with Gasteiger partial charge in [0.25, 0.3) is 0 Å². The lowest BCUT2D eigenvalue weighted by molar-refractivity contribution is 0.323. The standard InChI is InChI=1S/C9H11OS/c1-8(11)7-10-9-5-3-2-4-6-9/h3-6,8,11H,7H2,1H3. The molecule has 0 aromatic heterocycles. The molecule has 0 amide bonds. The molecular weight excluding hydrogens is 156 g/mol. The number of rotatable bonds is 3. The molecule has 1 aromatic rings. The smallest absolute Gasteiger partial charge is 0.119 e. The molecule has 0 spiro atoms. The Morgan fingerprint density at radius 2 is 2.18 bits per heavy atom. The van der Waals surface area contributed by atoms with Gasteiger partial charge in [-0.3, -0.25) is 0 Å². The molecule has 2 heteroatoms. The van der Waals surface area contributed by atoms with Crippen LogP contribution in [-0.2, 0) is 0 Å². The van der Waals surface area contributed by atoms with E-state index in [9.17, 15) is 0 Å². The van der Waals surface area contributed by atoms with Crippen molar-refractivity contribution in [3.63, 3.8) is 0 Å². The second-order valence-corrected chi connectivity index (χ2v) is 3.28. The second-order valence-electron chi connectivity index (χ2n) is 2.40. The van der Waals surface area contributed by atoms with Crippen molar-refractivity contribution < 1.29 is 4.74 Å². The van der Waals surface area contributed by atoms with Crippen LogP contribution in [0.4, 0.5) is 0 Å². The number of ether oxygens (including phenoxy) is 1. The van der Waals surface area contributed by atoms with Crippen LogP contribution in [0.5, 0.6) is 5.75 Å². The first kappa shape index (κ1) is 8.47. The van der Waals surface area contributed by atoms with Gasteiger partial charge in [0, 0.05) is 5.25 Å². The lowest BCUT2D eigenvalue weighted by Gasteiger charge is -2.06. The van der Waals surface area contributed by atoms with Crippen LogP contribution in [-0.4, -0.2) is 11.9 Å². The summed E-state index contributed by atoms with van der Waals surface area (Å²) in [5.41, 5.74) is 0. The van der Waals surface area contributed by atoms with Crippen molar-refractivity contribution in [3.05, 3.63) is 30.3 Å². The Morgan fingerprint density at radius 1 is 1.55 bits per heavy atom. The highest BCUT2D eigenvalue weighted by atomic mass is 32.1. The highest BCUT2D eigenvalue weighted by molar-refractivity contribution is 7.80. The molecule has 1 rings (SSSR count). The van der Waals surface area contributed by atoms with Gasteiger partial charge in [-0.1, -0.05) is 19.1 Å². The molecule has 0 aliphatic carbocycles. The minimum absolute atomic E-state index is 0.277. The topological polar surface area (TPSA) is 9.23 Å². The molecule has 0 saturated carbocycles. The van der Waals surface area contributed by atoms with Crippen molar-refractivity contribution in [1.29, 1.82) is 0 Å². The molecule has 0 bridgehead atoms. The third-order valence-electron chi connectivity index (χ3n) is 1.18. The van der Waals surface area contributed by atoms with Gasteiger partial charge in [0.05, 0.1) is 6.61 Å². The maximum absolute atomic E-state index is 5.37. The van der Waals surface area contributed by atoms with Crippen LogP contribution in [0.15, 0.2) is 24.3 Å². The van der Waals surface area contributed by atoms with E-state index in [0.29, 0.717) is 6.61 Å². The zero-order chi connectivity index (χ0) is 8.10. The third kappa shape index (κ3) is 3.33. The van der Waals surface area contributed by atoms with Crippen LogP contribution in [0.2, 0.25) is 0 Å². The summed E-state index contributed by atoms with van der Waals surface area (Å²) in [5.74, 6) is 0.879. The Kier molecular flexibility index (Phi) is 3.30. The van der Waals surface area contributed by atoms with Gasteiger partial charge in [-0.2, -0.15) is 12.6 Å². The number of hydrogen-bond donors (Lipinski definition) is 1. The second kappa shape index (κ2) is 4.29. The fourth-order valence-electron chi connectivity index (χ4n) is 0.685. The Labute approximate surface area is 72.8 Å². The first-order valence-electron chi connectivity index (χ1n) is 3.56. The highest BCUT2D eigenvalue weighted by Gasteiger charge is 1.94. The lowest BCUT2D eigenvalue weighted by atomic mass is 10.3. The maximum atomic E-state index is 5.37. The van der Waals surface area contributed by atoms with Gasteiger partial charge in [-0.05, 0) is 18.2 Å². The Balaban J connectivity index is 2.39. The molecule has 0 N–H and O–H groups in total. The fraction of sp³-hybridized carbons (Fsp3) is 0.333. The van der Waals surface area contributed by atoms with E-state index in [1.54, 1.807) is 0 Å². The van der Waals surface area contributed by atoms with E-state index in [4.69, 9.17) is 4.74 Å². The molecule has 59 valence electrons. The molecule has 0 aliphatic heterocycles. The predicted molar refractivity (Wildman–Crippen MR) is 49.2 cm³/mol. The van der Waals surface area contributed by atoms with Crippen LogP contribution in [0.3, 0.4) is 0 Å². The molecular formula is C9H11OS. The molecule has 0 fully saturated rings. The highest BCUT2D eigenvalue weighted by Crippen LogP contribution is 2.08. The van der Waals surface area contributed by atoms with Crippen LogP contribution in [0, 0.1) is 6.07 Å². The van der Waals surface area contributed by atoms with Gasteiger partial charge in [0.1, 0.15) is 5.75 Å². The quantitative estimate of drug-likeness (QED) is 0.679. The molecule has 1 atom stereocenters. The van der Waals surface area contributed by atoms with E-state index in [-0.39, 0.29) is 5.25 Å². The zero-order valence-electron chi connectivity index (χ0n) is 6.45. The van der Waals surface area contributed by atoms with Crippen molar-refractivity contribution in [2.24, 2.45) is 0 Å². The summed E-state index contributed by atoms with van der Waals surface area (Å²) >= 11 is 4.20. The average Bonchev–Trinajstić information content (AvgIpc) is 2.03. The monoisotopic (exact) mass is 167 g/mol. The van der Waals surface area contributed by atoms with Gasteiger partial charge < -0.3 is 4.74 Å². The normalized spacial score (nSPS) is 12.5. The van der Waals surface area contributed by atoms with Gasteiger partial charge >= 0.3 is 0 Å². The van der Waals surface area contributed by atoms with Crippen molar-refractivity contribution in [2.45, 2.75) is 12.2 Å². The average molecular weight is 167 g/mol. The van der Waals surface area contributed by atoms with Crippen molar-refractivity contribution in [1.82, 2.24) is 0 Å². The summed E-state index contributed by atoms with van der Waals surface area (Å²) in [6, 6.07) is 10.4. The summed E-state index contributed by atoms with van der Waals surface area (Å²) in [4.78, 5) is 0. The van der Waals surface area contributed by atoms with Crippen LogP contribution >= 0.6 is 12.6 Å². The molecule has 1 radical (unpaired) electrons. The summed E-state index contributed by atoms with van der Waals surface area (Å²) in [5, 5.41) is 0.277. The molecule has 1 unspecified atom stereocenters. The Hall–Kier alpha value is -0.630. The van der Waals surface area contributed by atoms with E-state index < -0.39 is 0 Å². The van der Waals surface area contributed by atoms with Gasteiger partial charge in [-0.25, -0.2) is 0 Å². The molecule has 11 heavy (non-hydrogen) atoms. The minimum atomic E-state index is 0.277. The van der Waals surface area contributed by atoms with Gasteiger partial charge in [0.2, 0.25) is 0 Å². The largest absolute Gasteiger partial charge is 0.492 e. The van der Waals surface area contributed by atoms with E-state index in [0.717, 1.165) is 5.75 Å². The Bertz CT molecular complexity index is 196. The summed E-state index contributed by atoms with van der Waals surface area (Å²) in [6.07, 6.45) is 0. The van der Waals surface area contributed by atoms with Crippen LogP contribution in [0.1, 0.15) is 6.92 Å². The van der Waals surface area contributed by atoms with Gasteiger partial charge in [-0.15, -0.1) is 0 Å². The van der Waals surface area contributed by atoms with E-state index in [1.165, 1.54) is 0 Å². The van der Waals surface area contributed by atoms with Crippen molar-refractivity contribution in [3.8, 4) is 5.75 Å². The molecule has 1 nitrogen and oxygen atoms in total. The zero-order valence-corrected chi connectivity index (χ0v) is 7.34. The van der Waals surface area contributed by atoms with Crippen molar-refractivity contribution >= 4 is 12.6 Å². The molecule has 0 aliphatic rings. The Morgan fingerprint density at radius 3 is 2.73 bits per heavy atom. The first-order valence-corrected chi connectivity index (χ1v) is 4.07. The van der Waals surface area contributed by atoms with Crippen LogP contribution in [0.25, 0.3) is 0 Å². The van der Waals surface area contributed by atoms with Gasteiger partial charge in [0.15, 0.2) is 0 Å². The van der Waals surface area contributed by atoms with Crippen LogP contribution < -0.4 is 4.74 Å². The minimum Gasteiger partial charge on any atom is -0.492 e. The number of thiol groups is 1. The summed E-state index contributed by atoms with van der Waals surface area (Å²) in [7, 11) is 0. The molecule has 0 saturated heterocycles. The van der Waals surface area contributed by atoms with Crippen molar-refractivity contribution in [2.75, 3.05) is 6.61 Å². The van der Waals surface area contributed by atoms with E-state index >= 15 is 0 Å². The molecule has 0 heterocycles. The summed E-state index contributed by atoms with van der Waals surface area (Å²) < 4.78 is 5.37. The third-order valence-corrected chi connectivity index (χ3v) is 1.33. The number of hydrogen-bond acceptors (Lipinski definition) is 2. The SMILES string of the molecule is CC(S)COc1cc[c]cc1. The molecule has 1 aromatic carbocycles. The summed E-state index contributed by atoms with van der Waals surface area (Å²) in [6.45, 7) is 2.64. The maximum Gasteiger partial charge on any atom is 0.119 e. The lowest BCUT2D eigenvalue weighted by Crippen LogP contribution is -2.06. The number of benzene rings is 1. The van der Waals surface area contributed by atoms with E-state index in [1.807, 2.05) is 31.2 Å². The first-order chi connectivity index (χ1) is 5.29.